The first-order valence-electron chi connectivity index (χ1n) is 10.8. The minimum Gasteiger partial charge on any atom is -0.474 e. The Hall–Kier alpha value is -3.95. The van der Waals surface area contributed by atoms with Gasteiger partial charge in [0.25, 0.3) is 0 Å². The number of benzene rings is 1. The molecule has 0 fully saturated rings. The van der Waals surface area contributed by atoms with E-state index in [0.717, 1.165) is 23.5 Å². The number of pyridine rings is 1. The molecule has 9 nitrogen and oxygen atoms in total. The minimum absolute atomic E-state index is 0.000123. The third-order valence-corrected chi connectivity index (χ3v) is 5.54. The Morgan fingerprint density at radius 2 is 2.09 bits per heavy atom. The standard InChI is InChI=1S/C23H25FN8O/c1-12(2)10-32-11-14(7-29-32)30-23-28-9-17-18(31-23)6-15(19(24)20(17)25)16-8-27-22-21(13(16)3)26-4-5-33-22/h6-9,11-12,26H,4-5,10,25H2,1-3H3,(H,28,30,31). The van der Waals surface area contributed by atoms with Gasteiger partial charge in [0.2, 0.25) is 11.8 Å². The molecule has 33 heavy (non-hydrogen) atoms. The molecule has 0 atom stereocenters. The first-order valence-corrected chi connectivity index (χ1v) is 10.8. The van der Waals surface area contributed by atoms with E-state index in [4.69, 9.17) is 10.5 Å². The van der Waals surface area contributed by atoms with Gasteiger partial charge < -0.3 is 21.1 Å². The van der Waals surface area contributed by atoms with Gasteiger partial charge in [-0.1, -0.05) is 13.8 Å². The number of ether oxygens (including phenoxy) is 1. The van der Waals surface area contributed by atoms with E-state index in [1.807, 2.05) is 17.8 Å². The fourth-order valence-corrected chi connectivity index (χ4v) is 3.96. The van der Waals surface area contributed by atoms with Crippen molar-refractivity contribution >= 4 is 33.9 Å². The van der Waals surface area contributed by atoms with E-state index in [-0.39, 0.29) is 5.69 Å². The quantitative estimate of drug-likeness (QED) is 0.391. The van der Waals surface area contributed by atoms with Crippen molar-refractivity contribution in [3.8, 4) is 17.0 Å². The maximum atomic E-state index is 15.3. The van der Waals surface area contributed by atoms with Gasteiger partial charge in [0.1, 0.15) is 12.3 Å². The Labute approximate surface area is 190 Å². The molecule has 0 saturated heterocycles. The highest BCUT2D eigenvalue weighted by atomic mass is 19.1. The fraction of sp³-hybridized carbons (Fsp3) is 0.304. The monoisotopic (exact) mass is 448 g/mol. The zero-order valence-corrected chi connectivity index (χ0v) is 18.7. The highest BCUT2D eigenvalue weighted by molar-refractivity contribution is 5.96. The predicted octanol–water partition coefficient (Wildman–Crippen LogP) is 4.12. The van der Waals surface area contributed by atoms with Crippen molar-refractivity contribution in [2.45, 2.75) is 27.3 Å². The summed E-state index contributed by atoms with van der Waals surface area (Å²) in [5, 5.41) is 11.2. The van der Waals surface area contributed by atoms with Crippen LogP contribution in [0.5, 0.6) is 5.88 Å². The molecule has 0 amide bonds. The van der Waals surface area contributed by atoms with Gasteiger partial charge in [-0.3, -0.25) is 4.68 Å². The van der Waals surface area contributed by atoms with Crippen LogP contribution in [0.15, 0.2) is 30.9 Å². The molecule has 4 N–H and O–H groups in total. The van der Waals surface area contributed by atoms with Crippen LogP contribution in [0.3, 0.4) is 0 Å². The molecule has 5 rings (SSSR count). The van der Waals surface area contributed by atoms with Gasteiger partial charge >= 0.3 is 0 Å². The molecule has 1 aliphatic heterocycles. The minimum atomic E-state index is -0.525. The second-order valence-electron chi connectivity index (χ2n) is 8.50. The predicted molar refractivity (Wildman–Crippen MR) is 126 cm³/mol. The molecule has 1 aromatic carbocycles. The van der Waals surface area contributed by atoms with E-state index in [0.29, 0.717) is 52.9 Å². The van der Waals surface area contributed by atoms with Crippen LogP contribution in [0.4, 0.5) is 27.4 Å². The second-order valence-corrected chi connectivity index (χ2v) is 8.50. The lowest BCUT2D eigenvalue weighted by atomic mass is 9.98. The SMILES string of the molecule is Cc1c(-c2cc3nc(Nc4cnn(CC(C)C)c4)ncc3c(N)c2F)cnc2c1NCCO2. The molecule has 4 heterocycles. The van der Waals surface area contributed by atoms with Crippen molar-refractivity contribution in [2.75, 3.05) is 29.5 Å². The number of fused-ring (bicyclic) bond motifs is 2. The van der Waals surface area contributed by atoms with Gasteiger partial charge in [-0.25, -0.2) is 19.3 Å². The summed E-state index contributed by atoms with van der Waals surface area (Å²) in [6.07, 6.45) is 6.75. The molecule has 3 aromatic heterocycles. The Kier molecular flexibility index (Phi) is 5.20. The lowest BCUT2D eigenvalue weighted by molar-refractivity contribution is 0.310. The van der Waals surface area contributed by atoms with Gasteiger partial charge in [-0.15, -0.1) is 0 Å². The molecule has 0 unspecified atom stereocenters. The molecule has 10 heteroatoms. The average Bonchev–Trinajstić information content (AvgIpc) is 3.23. The van der Waals surface area contributed by atoms with Crippen LogP contribution in [-0.4, -0.2) is 37.9 Å². The van der Waals surface area contributed by atoms with E-state index in [9.17, 15) is 0 Å². The van der Waals surface area contributed by atoms with E-state index in [1.54, 1.807) is 18.5 Å². The summed E-state index contributed by atoms with van der Waals surface area (Å²) in [6.45, 7) is 8.18. The van der Waals surface area contributed by atoms with E-state index >= 15 is 4.39 Å². The maximum absolute atomic E-state index is 15.3. The molecule has 0 saturated carbocycles. The number of halogens is 1. The highest BCUT2D eigenvalue weighted by Gasteiger charge is 2.21. The van der Waals surface area contributed by atoms with Crippen LogP contribution in [0, 0.1) is 18.7 Å². The summed E-state index contributed by atoms with van der Waals surface area (Å²) < 4.78 is 22.7. The summed E-state index contributed by atoms with van der Waals surface area (Å²) in [4.78, 5) is 13.2. The molecule has 4 aromatic rings. The zero-order valence-electron chi connectivity index (χ0n) is 18.7. The summed E-state index contributed by atoms with van der Waals surface area (Å²) in [5.74, 6) is 0.847. The normalized spacial score (nSPS) is 13.0. The molecule has 170 valence electrons. The number of nitrogen functional groups attached to an aromatic ring is 1. The van der Waals surface area contributed by atoms with Crippen LogP contribution in [-0.2, 0) is 6.54 Å². The number of nitrogens with zero attached hydrogens (tertiary/aromatic N) is 5. The topological polar surface area (TPSA) is 116 Å². The van der Waals surface area contributed by atoms with Gasteiger partial charge in [0.05, 0.1) is 23.1 Å². The van der Waals surface area contributed by atoms with Crippen LogP contribution in [0.2, 0.25) is 0 Å². The van der Waals surface area contributed by atoms with Gasteiger partial charge in [-0.05, 0) is 24.5 Å². The number of hydrogen-bond donors (Lipinski definition) is 3. The lowest BCUT2D eigenvalue weighted by Crippen LogP contribution is -2.20. The number of nitrogens with two attached hydrogens (primary N) is 1. The largest absolute Gasteiger partial charge is 0.474 e. The number of anilines is 4. The van der Waals surface area contributed by atoms with Crippen LogP contribution < -0.4 is 21.1 Å². The third-order valence-electron chi connectivity index (χ3n) is 5.54. The number of rotatable bonds is 5. The fourth-order valence-electron chi connectivity index (χ4n) is 3.96. The zero-order chi connectivity index (χ0) is 23.1. The molecule has 0 bridgehead atoms. The first-order chi connectivity index (χ1) is 15.9. The van der Waals surface area contributed by atoms with E-state index in [2.05, 4.69) is 44.5 Å². The number of nitrogens with one attached hydrogen (secondary N) is 2. The van der Waals surface area contributed by atoms with E-state index < -0.39 is 5.82 Å². The summed E-state index contributed by atoms with van der Waals surface area (Å²) in [5.41, 5.74) is 10.00. The van der Waals surface area contributed by atoms with Crippen molar-refractivity contribution in [2.24, 2.45) is 5.92 Å². The van der Waals surface area contributed by atoms with Crippen LogP contribution >= 0.6 is 0 Å². The third kappa shape index (κ3) is 3.88. The van der Waals surface area contributed by atoms with Crippen molar-refractivity contribution in [1.29, 1.82) is 0 Å². The maximum Gasteiger partial charge on any atom is 0.237 e. The molecular weight excluding hydrogens is 423 g/mol. The molecule has 1 aliphatic rings. The number of aromatic nitrogens is 5. The molecule has 0 radical (unpaired) electrons. The molecular formula is C23H25FN8O. The second kappa shape index (κ2) is 8.19. The Morgan fingerprint density at radius 3 is 2.91 bits per heavy atom. The van der Waals surface area contributed by atoms with Crippen molar-refractivity contribution in [3.63, 3.8) is 0 Å². The van der Waals surface area contributed by atoms with Gasteiger partial charge in [0, 0.05) is 48.2 Å². The van der Waals surface area contributed by atoms with Crippen LogP contribution in [0.1, 0.15) is 19.4 Å². The smallest absolute Gasteiger partial charge is 0.237 e. The summed E-state index contributed by atoms with van der Waals surface area (Å²) >= 11 is 0. The van der Waals surface area contributed by atoms with E-state index in [1.165, 1.54) is 6.20 Å². The molecule has 0 spiro atoms. The first kappa shape index (κ1) is 20.9. The van der Waals surface area contributed by atoms with Crippen molar-refractivity contribution in [1.82, 2.24) is 24.7 Å². The summed E-state index contributed by atoms with van der Waals surface area (Å²) in [6, 6.07) is 1.68. The van der Waals surface area contributed by atoms with Crippen LogP contribution in [0.25, 0.3) is 22.0 Å². The Morgan fingerprint density at radius 1 is 1.24 bits per heavy atom. The van der Waals surface area contributed by atoms with Crippen molar-refractivity contribution in [3.05, 3.63) is 42.2 Å². The Balaban J connectivity index is 1.53. The van der Waals surface area contributed by atoms with Gasteiger partial charge in [0.15, 0.2) is 5.82 Å². The van der Waals surface area contributed by atoms with Crippen molar-refractivity contribution < 1.29 is 9.13 Å². The average molecular weight is 449 g/mol. The van der Waals surface area contributed by atoms with Gasteiger partial charge in [-0.2, -0.15) is 5.10 Å². The lowest BCUT2D eigenvalue weighted by Gasteiger charge is -2.22. The highest BCUT2D eigenvalue weighted by Crippen LogP contribution is 2.39. The number of hydrogen-bond acceptors (Lipinski definition) is 8. The Bertz CT molecular complexity index is 1350. The summed E-state index contributed by atoms with van der Waals surface area (Å²) in [7, 11) is 0. The molecule has 0 aliphatic carbocycles.